The second-order valence-electron chi connectivity index (χ2n) is 6.46. The lowest BCUT2D eigenvalue weighted by molar-refractivity contribution is -0.122. The molecular weight excluding hydrogens is 250 g/mol. The summed E-state index contributed by atoms with van der Waals surface area (Å²) in [5.74, 6) is 0.130. The van der Waals surface area contributed by atoms with Gasteiger partial charge in [-0.15, -0.1) is 0 Å². The molecule has 0 aromatic carbocycles. The zero-order valence-electron chi connectivity index (χ0n) is 14.0. The standard InChI is InChI=1S/C16H35N3O/c1-5-6-11-17-12-8-7-9-13-18-14-10-15(20)19-16(2,3)4/h17-18H,5-14H2,1-4H3,(H,19,20). The SMILES string of the molecule is CCCCNCCCCCNCCC(=O)NC(C)(C)C. The van der Waals surface area contributed by atoms with Gasteiger partial charge in [-0.1, -0.05) is 19.8 Å². The molecule has 0 aliphatic carbocycles. The highest BCUT2D eigenvalue weighted by molar-refractivity contribution is 5.76. The highest BCUT2D eigenvalue weighted by atomic mass is 16.1. The highest BCUT2D eigenvalue weighted by Crippen LogP contribution is 1.98. The summed E-state index contributed by atoms with van der Waals surface area (Å²) in [5.41, 5.74) is -0.123. The smallest absolute Gasteiger partial charge is 0.221 e. The van der Waals surface area contributed by atoms with Gasteiger partial charge in [0.1, 0.15) is 0 Å². The van der Waals surface area contributed by atoms with Crippen molar-refractivity contribution in [3.63, 3.8) is 0 Å². The van der Waals surface area contributed by atoms with E-state index in [1.165, 1.54) is 32.1 Å². The fourth-order valence-electron chi connectivity index (χ4n) is 1.91. The van der Waals surface area contributed by atoms with E-state index in [0.717, 1.165) is 26.2 Å². The van der Waals surface area contributed by atoms with Gasteiger partial charge in [0.25, 0.3) is 0 Å². The Hall–Kier alpha value is -0.610. The molecule has 20 heavy (non-hydrogen) atoms. The summed E-state index contributed by atoms with van der Waals surface area (Å²) in [6.07, 6.45) is 6.79. The Morgan fingerprint density at radius 1 is 0.850 bits per heavy atom. The first-order valence-electron chi connectivity index (χ1n) is 8.18. The molecule has 0 rings (SSSR count). The molecule has 0 heterocycles. The van der Waals surface area contributed by atoms with E-state index in [2.05, 4.69) is 22.9 Å². The van der Waals surface area contributed by atoms with Gasteiger partial charge in [0.15, 0.2) is 0 Å². The Bertz CT molecular complexity index is 236. The second-order valence-corrected chi connectivity index (χ2v) is 6.46. The molecule has 4 nitrogen and oxygen atoms in total. The monoisotopic (exact) mass is 285 g/mol. The van der Waals surface area contributed by atoms with Crippen molar-refractivity contribution >= 4 is 5.91 Å². The predicted molar refractivity (Wildman–Crippen MR) is 87.0 cm³/mol. The topological polar surface area (TPSA) is 53.2 Å². The Kier molecular flexibility index (Phi) is 11.8. The average molecular weight is 285 g/mol. The summed E-state index contributed by atoms with van der Waals surface area (Å²) in [6.45, 7) is 12.3. The van der Waals surface area contributed by atoms with E-state index >= 15 is 0 Å². The van der Waals surface area contributed by atoms with Crippen molar-refractivity contribution in [1.82, 2.24) is 16.0 Å². The van der Waals surface area contributed by atoms with Crippen LogP contribution in [0.4, 0.5) is 0 Å². The number of nitrogens with one attached hydrogen (secondary N) is 3. The molecule has 0 aliphatic rings. The fraction of sp³-hybridized carbons (Fsp3) is 0.938. The van der Waals surface area contributed by atoms with Crippen LogP contribution >= 0.6 is 0 Å². The minimum atomic E-state index is -0.123. The maximum Gasteiger partial charge on any atom is 0.221 e. The highest BCUT2D eigenvalue weighted by Gasteiger charge is 2.12. The molecule has 4 heteroatoms. The van der Waals surface area contributed by atoms with E-state index < -0.39 is 0 Å². The molecule has 0 bridgehead atoms. The van der Waals surface area contributed by atoms with Crippen molar-refractivity contribution in [2.45, 2.75) is 71.8 Å². The van der Waals surface area contributed by atoms with Crippen LogP contribution in [0.2, 0.25) is 0 Å². The quantitative estimate of drug-likeness (QED) is 0.483. The molecule has 120 valence electrons. The first kappa shape index (κ1) is 19.4. The number of carbonyl (C=O) groups is 1. The number of carbonyl (C=O) groups excluding carboxylic acids is 1. The van der Waals surface area contributed by atoms with Gasteiger partial charge in [-0.25, -0.2) is 0 Å². The van der Waals surface area contributed by atoms with Crippen LogP contribution in [0.1, 0.15) is 66.2 Å². The Morgan fingerprint density at radius 2 is 1.40 bits per heavy atom. The van der Waals surface area contributed by atoms with Crippen LogP contribution in [0, 0.1) is 0 Å². The molecule has 0 unspecified atom stereocenters. The molecular formula is C16H35N3O. The van der Waals surface area contributed by atoms with Crippen molar-refractivity contribution in [2.75, 3.05) is 26.2 Å². The normalized spacial score (nSPS) is 11.6. The van der Waals surface area contributed by atoms with Crippen LogP contribution in [0.15, 0.2) is 0 Å². The summed E-state index contributed by atoms with van der Waals surface area (Å²) in [4.78, 5) is 11.6. The molecule has 0 saturated heterocycles. The van der Waals surface area contributed by atoms with E-state index in [4.69, 9.17) is 0 Å². The summed E-state index contributed by atoms with van der Waals surface area (Å²) in [5, 5.41) is 9.75. The molecule has 0 fully saturated rings. The molecule has 0 saturated carbocycles. The van der Waals surface area contributed by atoms with E-state index in [1.807, 2.05) is 20.8 Å². The second kappa shape index (κ2) is 12.2. The van der Waals surface area contributed by atoms with Crippen molar-refractivity contribution < 1.29 is 4.79 Å². The lowest BCUT2D eigenvalue weighted by atomic mass is 10.1. The molecule has 3 N–H and O–H groups in total. The van der Waals surface area contributed by atoms with Crippen LogP contribution in [0.3, 0.4) is 0 Å². The van der Waals surface area contributed by atoms with E-state index in [1.54, 1.807) is 0 Å². The van der Waals surface area contributed by atoms with Gasteiger partial charge in [-0.05, 0) is 59.7 Å². The van der Waals surface area contributed by atoms with E-state index in [0.29, 0.717) is 6.42 Å². The molecule has 0 atom stereocenters. The van der Waals surface area contributed by atoms with Gasteiger partial charge in [0, 0.05) is 18.5 Å². The first-order valence-corrected chi connectivity index (χ1v) is 8.18. The van der Waals surface area contributed by atoms with Crippen molar-refractivity contribution in [2.24, 2.45) is 0 Å². The number of amides is 1. The minimum Gasteiger partial charge on any atom is -0.351 e. The number of hydrogen-bond donors (Lipinski definition) is 3. The van der Waals surface area contributed by atoms with Crippen molar-refractivity contribution in [3.05, 3.63) is 0 Å². The zero-order valence-corrected chi connectivity index (χ0v) is 14.0. The summed E-state index contributed by atoms with van der Waals surface area (Å²) < 4.78 is 0. The van der Waals surface area contributed by atoms with Crippen LogP contribution in [-0.4, -0.2) is 37.6 Å². The molecule has 0 spiro atoms. The third-order valence-electron chi connectivity index (χ3n) is 2.96. The summed E-state index contributed by atoms with van der Waals surface area (Å²) in [6, 6.07) is 0. The third kappa shape index (κ3) is 15.4. The molecule has 0 radical (unpaired) electrons. The van der Waals surface area contributed by atoms with Crippen molar-refractivity contribution in [3.8, 4) is 0 Å². The maximum absolute atomic E-state index is 11.6. The average Bonchev–Trinajstić information content (AvgIpc) is 2.34. The maximum atomic E-state index is 11.6. The lowest BCUT2D eigenvalue weighted by Crippen LogP contribution is -2.41. The number of unbranched alkanes of at least 4 members (excludes halogenated alkanes) is 3. The van der Waals surface area contributed by atoms with Crippen molar-refractivity contribution in [1.29, 1.82) is 0 Å². The molecule has 0 aliphatic heterocycles. The van der Waals surface area contributed by atoms with Gasteiger partial charge >= 0.3 is 0 Å². The fourth-order valence-corrected chi connectivity index (χ4v) is 1.91. The Labute approximate surface area is 125 Å². The Morgan fingerprint density at radius 3 is 1.95 bits per heavy atom. The first-order chi connectivity index (χ1) is 9.45. The van der Waals surface area contributed by atoms with Crippen LogP contribution in [0.25, 0.3) is 0 Å². The van der Waals surface area contributed by atoms with Crippen LogP contribution < -0.4 is 16.0 Å². The molecule has 0 aromatic rings. The van der Waals surface area contributed by atoms with Gasteiger partial charge in [-0.2, -0.15) is 0 Å². The van der Waals surface area contributed by atoms with E-state index in [9.17, 15) is 4.79 Å². The number of rotatable bonds is 12. The predicted octanol–water partition coefficient (Wildman–Crippen LogP) is 2.44. The minimum absolute atomic E-state index is 0.123. The van der Waals surface area contributed by atoms with Gasteiger partial charge in [0.2, 0.25) is 5.91 Å². The van der Waals surface area contributed by atoms with Crippen LogP contribution in [0.5, 0.6) is 0 Å². The molecule has 0 aromatic heterocycles. The zero-order chi connectivity index (χ0) is 15.3. The van der Waals surface area contributed by atoms with E-state index in [-0.39, 0.29) is 11.4 Å². The van der Waals surface area contributed by atoms with Gasteiger partial charge in [0.05, 0.1) is 0 Å². The number of hydrogen-bond acceptors (Lipinski definition) is 3. The van der Waals surface area contributed by atoms with Crippen LogP contribution in [-0.2, 0) is 4.79 Å². The third-order valence-corrected chi connectivity index (χ3v) is 2.96. The molecule has 1 amide bonds. The lowest BCUT2D eigenvalue weighted by Gasteiger charge is -2.20. The van der Waals surface area contributed by atoms with Gasteiger partial charge in [-0.3, -0.25) is 4.79 Å². The van der Waals surface area contributed by atoms with Gasteiger partial charge < -0.3 is 16.0 Å². The Balaban J connectivity index is 3.19. The largest absolute Gasteiger partial charge is 0.351 e. The summed E-state index contributed by atoms with van der Waals surface area (Å²) in [7, 11) is 0. The summed E-state index contributed by atoms with van der Waals surface area (Å²) >= 11 is 0.